The monoisotopic (exact) mass is 154 g/mol. The average molecular weight is 154 g/mol. The fourth-order valence-corrected chi connectivity index (χ4v) is 1.36. The van der Waals surface area contributed by atoms with Crippen LogP contribution in [-0.2, 0) is 0 Å². The highest BCUT2D eigenvalue weighted by atomic mass is 32.2. The third-order valence-electron chi connectivity index (χ3n) is 0.895. The predicted molar refractivity (Wildman–Crippen MR) is 43.6 cm³/mol. The predicted octanol–water partition coefficient (Wildman–Crippen LogP) is 2.73. The van der Waals surface area contributed by atoms with Crippen LogP contribution in [0.4, 0.5) is 0 Å². The molecule has 0 saturated heterocycles. The molecule has 1 rings (SSSR count). The highest BCUT2D eigenvalue weighted by Gasteiger charge is 1.86. The number of thioether (sulfide) groups is 1. The molecular weight excluding hydrogens is 148 g/mol. The summed E-state index contributed by atoms with van der Waals surface area (Å²) in [6.07, 6.45) is 0. The van der Waals surface area contributed by atoms with Crippen molar-refractivity contribution in [2.75, 3.05) is 5.08 Å². The van der Waals surface area contributed by atoms with Crippen molar-refractivity contribution in [3.63, 3.8) is 0 Å². The highest BCUT2D eigenvalue weighted by molar-refractivity contribution is 8.09. The second kappa shape index (κ2) is 3.85. The zero-order valence-corrected chi connectivity index (χ0v) is 6.47. The fourth-order valence-electron chi connectivity index (χ4n) is 0.530. The molecule has 0 aromatic heterocycles. The highest BCUT2D eigenvalue weighted by Crippen LogP contribution is 2.16. The van der Waals surface area contributed by atoms with Gasteiger partial charge in [-0.25, -0.2) is 0 Å². The smallest absolute Gasteiger partial charge is 0.0543 e. The first kappa shape index (κ1) is 7.03. The molecule has 0 spiro atoms. The van der Waals surface area contributed by atoms with Crippen LogP contribution in [0.15, 0.2) is 29.2 Å². The van der Waals surface area contributed by atoms with E-state index in [4.69, 9.17) is 12.6 Å². The van der Waals surface area contributed by atoms with Gasteiger partial charge in [-0.3, -0.25) is 0 Å². The Morgan fingerprint density at radius 1 is 1.56 bits per heavy atom. The summed E-state index contributed by atoms with van der Waals surface area (Å²) in [5.74, 6) is 0. The van der Waals surface area contributed by atoms with Gasteiger partial charge in [0.2, 0.25) is 0 Å². The van der Waals surface area contributed by atoms with E-state index in [1.165, 1.54) is 0 Å². The molecule has 0 aliphatic carbocycles. The Bertz CT molecular complexity index is 160. The average Bonchev–Trinajstić information content (AvgIpc) is 1.91. The maximum Gasteiger partial charge on any atom is 0.0543 e. The first-order chi connectivity index (χ1) is 4.43. The van der Waals surface area contributed by atoms with Gasteiger partial charge in [0.1, 0.15) is 0 Å². The van der Waals surface area contributed by atoms with Gasteiger partial charge >= 0.3 is 0 Å². The third kappa shape index (κ3) is 2.33. The topological polar surface area (TPSA) is 0 Å². The van der Waals surface area contributed by atoms with Crippen LogP contribution in [0.1, 0.15) is 0 Å². The molecule has 0 saturated carbocycles. The van der Waals surface area contributed by atoms with Crippen LogP contribution in [0.5, 0.6) is 0 Å². The van der Waals surface area contributed by atoms with Gasteiger partial charge in [0, 0.05) is 4.90 Å². The molecule has 1 aromatic carbocycles. The molecule has 46 valence electrons. The van der Waals surface area contributed by atoms with E-state index in [2.05, 4.69) is 6.07 Å². The van der Waals surface area contributed by atoms with Crippen LogP contribution in [-0.4, -0.2) is 5.08 Å². The lowest BCUT2D eigenvalue weighted by Crippen LogP contribution is -1.67. The van der Waals surface area contributed by atoms with E-state index in [0.717, 1.165) is 4.90 Å². The van der Waals surface area contributed by atoms with Gasteiger partial charge in [-0.2, -0.15) is 0 Å². The molecule has 9 heavy (non-hydrogen) atoms. The van der Waals surface area contributed by atoms with E-state index >= 15 is 0 Å². The summed E-state index contributed by atoms with van der Waals surface area (Å²) in [5, 5.41) is 0.709. The zero-order valence-electron chi connectivity index (χ0n) is 4.83. The molecule has 0 N–H and O–H groups in total. The molecule has 1 aromatic rings. The van der Waals surface area contributed by atoms with Crippen molar-refractivity contribution in [2.45, 2.75) is 4.90 Å². The number of benzene rings is 1. The van der Waals surface area contributed by atoms with Crippen LogP contribution in [0, 0.1) is 6.07 Å². The van der Waals surface area contributed by atoms with Crippen molar-refractivity contribution in [1.82, 2.24) is 0 Å². The maximum absolute atomic E-state index is 4.78. The molecule has 0 atom stereocenters. The van der Waals surface area contributed by atoms with Crippen molar-refractivity contribution in [1.29, 1.82) is 0 Å². The van der Waals surface area contributed by atoms with Crippen molar-refractivity contribution in [3.05, 3.63) is 30.3 Å². The maximum atomic E-state index is 4.78. The van der Waals surface area contributed by atoms with Crippen LogP contribution >= 0.6 is 24.4 Å². The van der Waals surface area contributed by atoms with Crippen molar-refractivity contribution >= 4 is 24.4 Å². The summed E-state index contributed by atoms with van der Waals surface area (Å²) >= 11 is 6.41. The first-order valence-electron chi connectivity index (χ1n) is 2.61. The molecular formula is C7H6S2. The van der Waals surface area contributed by atoms with E-state index < -0.39 is 0 Å². The van der Waals surface area contributed by atoms with E-state index in [-0.39, 0.29) is 0 Å². The Morgan fingerprint density at radius 2 is 2.44 bits per heavy atom. The van der Waals surface area contributed by atoms with Gasteiger partial charge in [0.05, 0.1) is 5.08 Å². The Labute approximate surface area is 65.1 Å². The zero-order chi connectivity index (χ0) is 6.53. The molecule has 2 radical (unpaired) electrons. The molecule has 0 amide bonds. The minimum atomic E-state index is 0.709. The van der Waals surface area contributed by atoms with Gasteiger partial charge in [-0.1, -0.05) is 30.8 Å². The lowest BCUT2D eigenvalue weighted by molar-refractivity contribution is 1.45. The van der Waals surface area contributed by atoms with Crippen molar-refractivity contribution in [2.24, 2.45) is 0 Å². The van der Waals surface area contributed by atoms with Crippen molar-refractivity contribution in [3.8, 4) is 0 Å². The molecule has 0 unspecified atom stereocenters. The summed E-state index contributed by atoms with van der Waals surface area (Å²) in [5.41, 5.74) is 0. The third-order valence-corrected chi connectivity index (χ3v) is 1.93. The molecule has 0 fully saturated rings. The fraction of sp³-hybridized carbons (Fsp3) is 0.143. The van der Waals surface area contributed by atoms with Gasteiger partial charge in [-0.05, 0) is 12.1 Å². The molecule has 0 heterocycles. The van der Waals surface area contributed by atoms with Gasteiger partial charge in [0.15, 0.2) is 0 Å². The van der Waals surface area contributed by atoms with E-state index in [1.807, 2.05) is 24.3 Å². The standard InChI is InChI=1S/C7H6S2/c8-6-9-7-4-2-1-3-5-7/h1-4H,6H2. The molecule has 2 heteroatoms. The molecule has 0 aliphatic heterocycles. The summed E-state index contributed by atoms with van der Waals surface area (Å²) in [7, 11) is 0. The second-order valence-electron chi connectivity index (χ2n) is 1.49. The molecule has 0 bridgehead atoms. The van der Waals surface area contributed by atoms with Crippen LogP contribution in [0.3, 0.4) is 0 Å². The van der Waals surface area contributed by atoms with E-state index in [0.29, 0.717) is 5.08 Å². The number of hydrogen-bond donors (Lipinski definition) is 0. The molecule has 0 aliphatic rings. The van der Waals surface area contributed by atoms with Crippen LogP contribution in [0.25, 0.3) is 0 Å². The largest absolute Gasteiger partial charge is 0.114 e. The number of hydrogen-bond acceptors (Lipinski definition) is 1. The summed E-state index contributed by atoms with van der Waals surface area (Å²) in [6.45, 7) is 0. The first-order valence-corrected chi connectivity index (χ1v) is 4.17. The summed E-state index contributed by atoms with van der Waals surface area (Å²) in [6, 6.07) is 10.9. The van der Waals surface area contributed by atoms with E-state index in [1.54, 1.807) is 11.8 Å². The minimum absolute atomic E-state index is 0.709. The second-order valence-corrected chi connectivity index (χ2v) is 3.16. The Morgan fingerprint density at radius 3 is 3.00 bits per heavy atom. The Hall–Kier alpha value is -0.0800. The minimum Gasteiger partial charge on any atom is -0.114 e. The number of rotatable bonds is 2. The molecule has 0 nitrogen and oxygen atoms in total. The summed E-state index contributed by atoms with van der Waals surface area (Å²) < 4.78 is 0. The lowest BCUT2D eigenvalue weighted by Gasteiger charge is -1.91. The van der Waals surface area contributed by atoms with Gasteiger partial charge in [-0.15, -0.1) is 11.8 Å². The quantitative estimate of drug-likeness (QED) is 0.590. The van der Waals surface area contributed by atoms with Crippen molar-refractivity contribution < 1.29 is 0 Å². The Kier molecular flexibility index (Phi) is 3.01. The van der Waals surface area contributed by atoms with E-state index in [9.17, 15) is 0 Å². The van der Waals surface area contributed by atoms with Crippen LogP contribution < -0.4 is 0 Å². The normalized spacial score (nSPS) is 9.44. The Balaban J connectivity index is 2.61. The SMILES string of the molecule is [S]CSc1[c]cccc1. The summed E-state index contributed by atoms with van der Waals surface area (Å²) in [4.78, 5) is 1.13. The lowest BCUT2D eigenvalue weighted by atomic mass is 10.4. The van der Waals surface area contributed by atoms with Gasteiger partial charge < -0.3 is 0 Å². The van der Waals surface area contributed by atoms with Crippen LogP contribution in [0.2, 0.25) is 0 Å². The van der Waals surface area contributed by atoms with Gasteiger partial charge in [0.25, 0.3) is 0 Å².